The largest absolute Gasteiger partial charge is 0.471 e. The van der Waals surface area contributed by atoms with Crippen LogP contribution in [0.4, 0.5) is 17.6 Å². The van der Waals surface area contributed by atoms with Crippen molar-refractivity contribution in [3.63, 3.8) is 0 Å². The van der Waals surface area contributed by atoms with Crippen molar-refractivity contribution in [3.8, 4) is 11.4 Å². The Morgan fingerprint density at radius 3 is 2.52 bits per heavy atom. The predicted molar refractivity (Wildman–Crippen MR) is 79.2 cm³/mol. The Balaban J connectivity index is 1.95. The maximum Gasteiger partial charge on any atom is 0.471 e. The Morgan fingerprint density at radius 2 is 1.92 bits per heavy atom. The van der Waals surface area contributed by atoms with Gasteiger partial charge in [-0.25, -0.2) is 4.39 Å². The van der Waals surface area contributed by atoms with Gasteiger partial charge in [0, 0.05) is 23.4 Å². The fraction of sp³-hybridized carbons (Fsp3) is 0.188. The first-order chi connectivity index (χ1) is 11.8. The zero-order valence-corrected chi connectivity index (χ0v) is 12.8. The Hall–Kier alpha value is -2.97. The van der Waals surface area contributed by atoms with Crippen LogP contribution in [0.1, 0.15) is 24.4 Å². The number of nitrogens with zero attached hydrogens (tertiary/aromatic N) is 3. The number of benzene rings is 1. The van der Waals surface area contributed by atoms with E-state index in [0.717, 1.165) is 6.07 Å². The third kappa shape index (κ3) is 3.30. The summed E-state index contributed by atoms with van der Waals surface area (Å²) < 4.78 is 56.7. The van der Waals surface area contributed by atoms with Crippen LogP contribution in [-0.2, 0) is 6.18 Å². The first-order valence-corrected chi connectivity index (χ1v) is 7.15. The standard InChI is InChI=1S/C16H11F4N3O2/c1-9(11-4-2-3-5-12(11)17)23-7-6-10(8-13(23)24)14-21-15(25-22-14)16(18,19)20/h2-9H,1H3. The van der Waals surface area contributed by atoms with Crippen molar-refractivity contribution < 1.29 is 22.1 Å². The molecule has 0 aliphatic carbocycles. The van der Waals surface area contributed by atoms with E-state index in [1.165, 1.54) is 29.0 Å². The van der Waals surface area contributed by atoms with Crippen molar-refractivity contribution >= 4 is 0 Å². The van der Waals surface area contributed by atoms with E-state index in [-0.39, 0.29) is 11.4 Å². The van der Waals surface area contributed by atoms with E-state index in [1.54, 1.807) is 19.1 Å². The molecule has 0 N–H and O–H groups in total. The minimum absolute atomic E-state index is 0.0706. The summed E-state index contributed by atoms with van der Waals surface area (Å²) in [6.45, 7) is 1.63. The highest BCUT2D eigenvalue weighted by Gasteiger charge is 2.38. The lowest BCUT2D eigenvalue weighted by Gasteiger charge is -2.16. The first-order valence-electron chi connectivity index (χ1n) is 7.15. The van der Waals surface area contributed by atoms with E-state index in [1.807, 2.05) is 0 Å². The summed E-state index contributed by atoms with van der Waals surface area (Å²) in [4.78, 5) is 15.5. The van der Waals surface area contributed by atoms with Gasteiger partial charge in [0.2, 0.25) is 5.82 Å². The van der Waals surface area contributed by atoms with Gasteiger partial charge in [-0.3, -0.25) is 4.79 Å². The van der Waals surface area contributed by atoms with Crippen molar-refractivity contribution in [2.45, 2.75) is 19.1 Å². The molecule has 0 fully saturated rings. The van der Waals surface area contributed by atoms with Gasteiger partial charge in [-0.15, -0.1) is 0 Å². The number of hydrogen-bond acceptors (Lipinski definition) is 4. The lowest BCUT2D eigenvalue weighted by molar-refractivity contribution is -0.159. The van der Waals surface area contributed by atoms with Crippen molar-refractivity contribution in [1.29, 1.82) is 0 Å². The van der Waals surface area contributed by atoms with Gasteiger partial charge < -0.3 is 9.09 Å². The van der Waals surface area contributed by atoms with Gasteiger partial charge in [0.1, 0.15) is 5.82 Å². The molecule has 0 aliphatic rings. The molecule has 130 valence electrons. The summed E-state index contributed by atoms with van der Waals surface area (Å²) in [5.41, 5.74) is -0.149. The molecule has 0 saturated heterocycles. The van der Waals surface area contributed by atoms with Gasteiger partial charge in [-0.05, 0) is 19.1 Å². The Labute approximate surface area is 138 Å². The highest BCUT2D eigenvalue weighted by Crippen LogP contribution is 2.29. The van der Waals surface area contributed by atoms with Crippen LogP contribution in [-0.4, -0.2) is 14.7 Å². The quantitative estimate of drug-likeness (QED) is 0.674. The van der Waals surface area contributed by atoms with E-state index < -0.39 is 29.5 Å². The number of pyridine rings is 1. The molecule has 2 heterocycles. The Kier molecular flexibility index (Phi) is 4.15. The monoisotopic (exact) mass is 353 g/mol. The van der Waals surface area contributed by atoms with Gasteiger partial charge in [-0.1, -0.05) is 23.4 Å². The van der Waals surface area contributed by atoms with Crippen LogP contribution >= 0.6 is 0 Å². The molecule has 25 heavy (non-hydrogen) atoms. The SMILES string of the molecule is CC(c1ccccc1F)n1ccc(-c2noc(C(F)(F)F)n2)cc1=O. The summed E-state index contributed by atoms with van der Waals surface area (Å²) in [5, 5.41) is 3.23. The van der Waals surface area contributed by atoms with E-state index in [0.29, 0.717) is 5.56 Å². The molecule has 1 aromatic carbocycles. The van der Waals surface area contributed by atoms with Gasteiger partial charge in [-0.2, -0.15) is 18.2 Å². The van der Waals surface area contributed by atoms with Crippen molar-refractivity contribution in [1.82, 2.24) is 14.7 Å². The normalized spacial score (nSPS) is 13.0. The highest BCUT2D eigenvalue weighted by atomic mass is 19.4. The number of halogens is 4. The fourth-order valence-electron chi connectivity index (χ4n) is 2.37. The lowest BCUT2D eigenvalue weighted by atomic mass is 10.1. The van der Waals surface area contributed by atoms with Crippen LogP contribution in [0.15, 0.2) is 51.9 Å². The second-order valence-corrected chi connectivity index (χ2v) is 5.28. The number of rotatable bonds is 3. The fourth-order valence-corrected chi connectivity index (χ4v) is 2.37. The molecule has 0 bridgehead atoms. The molecule has 0 saturated carbocycles. The third-order valence-corrected chi connectivity index (χ3v) is 3.65. The maximum atomic E-state index is 13.9. The molecular formula is C16H11F4N3O2. The smallest absolute Gasteiger partial charge is 0.329 e. The third-order valence-electron chi connectivity index (χ3n) is 3.65. The van der Waals surface area contributed by atoms with Crippen LogP contribution in [0.25, 0.3) is 11.4 Å². The summed E-state index contributed by atoms with van der Waals surface area (Å²) in [5.74, 6) is -2.31. The average Bonchev–Trinajstić information content (AvgIpc) is 3.05. The minimum atomic E-state index is -4.76. The van der Waals surface area contributed by atoms with Crippen LogP contribution in [0.3, 0.4) is 0 Å². The van der Waals surface area contributed by atoms with Crippen molar-refractivity contribution in [2.24, 2.45) is 0 Å². The predicted octanol–water partition coefficient (Wildman–Crippen LogP) is 3.67. The summed E-state index contributed by atoms with van der Waals surface area (Å²) in [6.07, 6.45) is -3.42. The number of alkyl halides is 3. The van der Waals surface area contributed by atoms with Crippen molar-refractivity contribution in [2.75, 3.05) is 0 Å². The number of aromatic nitrogens is 3. The highest BCUT2D eigenvalue weighted by molar-refractivity contribution is 5.53. The van der Waals surface area contributed by atoms with Gasteiger partial charge in [0.15, 0.2) is 0 Å². The molecule has 0 spiro atoms. The molecule has 9 heteroatoms. The average molecular weight is 353 g/mol. The summed E-state index contributed by atoms with van der Waals surface area (Å²) in [7, 11) is 0. The van der Waals surface area contributed by atoms with Gasteiger partial charge in [0.05, 0.1) is 6.04 Å². The minimum Gasteiger partial charge on any atom is -0.329 e. The molecule has 1 unspecified atom stereocenters. The van der Waals surface area contributed by atoms with E-state index in [2.05, 4.69) is 14.7 Å². The van der Waals surface area contributed by atoms with Crippen LogP contribution < -0.4 is 5.56 Å². The second-order valence-electron chi connectivity index (χ2n) is 5.28. The molecule has 0 amide bonds. The van der Waals surface area contributed by atoms with Gasteiger partial charge >= 0.3 is 12.1 Å². The van der Waals surface area contributed by atoms with E-state index >= 15 is 0 Å². The molecular weight excluding hydrogens is 342 g/mol. The molecule has 0 radical (unpaired) electrons. The molecule has 2 aromatic heterocycles. The van der Waals surface area contributed by atoms with E-state index in [9.17, 15) is 22.4 Å². The van der Waals surface area contributed by atoms with Gasteiger partial charge in [0.25, 0.3) is 5.56 Å². The topological polar surface area (TPSA) is 60.9 Å². The first kappa shape index (κ1) is 16.9. The Bertz CT molecular complexity index is 962. The van der Waals surface area contributed by atoms with Crippen LogP contribution in [0.2, 0.25) is 0 Å². The van der Waals surface area contributed by atoms with Crippen LogP contribution in [0, 0.1) is 5.82 Å². The summed E-state index contributed by atoms with van der Waals surface area (Å²) >= 11 is 0. The molecule has 3 rings (SSSR count). The molecule has 1 atom stereocenters. The zero-order chi connectivity index (χ0) is 18.2. The lowest BCUT2D eigenvalue weighted by Crippen LogP contribution is -2.23. The molecule has 0 aliphatic heterocycles. The van der Waals surface area contributed by atoms with Crippen molar-refractivity contribution in [3.05, 3.63) is 70.2 Å². The Morgan fingerprint density at radius 1 is 1.20 bits per heavy atom. The second kappa shape index (κ2) is 6.15. The van der Waals surface area contributed by atoms with E-state index in [4.69, 9.17) is 0 Å². The molecule has 3 aromatic rings. The zero-order valence-electron chi connectivity index (χ0n) is 12.8. The van der Waals surface area contributed by atoms with Crippen LogP contribution in [0.5, 0.6) is 0 Å². The maximum absolute atomic E-state index is 13.9. The molecule has 5 nitrogen and oxygen atoms in total. The number of hydrogen-bond donors (Lipinski definition) is 0. The summed E-state index contributed by atoms with van der Waals surface area (Å²) in [6, 6.07) is 7.85.